The summed E-state index contributed by atoms with van der Waals surface area (Å²) in [7, 11) is 3.57. The summed E-state index contributed by atoms with van der Waals surface area (Å²) in [5.74, 6) is 4.28. The Morgan fingerprint density at radius 1 is 1.00 bits per heavy atom. The molecule has 170 valence electrons. The van der Waals surface area contributed by atoms with Crippen LogP contribution in [-0.4, -0.2) is 20.8 Å². The lowest BCUT2D eigenvalue weighted by atomic mass is 9.65. The minimum atomic E-state index is 0.297. The van der Waals surface area contributed by atoms with Gasteiger partial charge in [0.25, 0.3) is 0 Å². The molecule has 1 aromatic rings. The van der Waals surface area contributed by atoms with Gasteiger partial charge in [0, 0.05) is 11.8 Å². The van der Waals surface area contributed by atoms with E-state index < -0.39 is 0 Å². The lowest BCUT2D eigenvalue weighted by molar-refractivity contribution is 0.0337. The van der Waals surface area contributed by atoms with Crippen LogP contribution >= 0.6 is 0 Å². The number of benzene rings is 1. The first-order valence-corrected chi connectivity index (χ1v) is 12.2. The molecular weight excluding hydrogens is 384 g/mol. The third kappa shape index (κ3) is 4.87. The maximum atomic E-state index is 6.26. The van der Waals surface area contributed by atoms with Crippen LogP contribution in [0.25, 0.3) is 0 Å². The fourth-order valence-electron chi connectivity index (χ4n) is 6.59. The van der Waals surface area contributed by atoms with E-state index in [4.69, 9.17) is 14.2 Å². The third-order valence-electron chi connectivity index (χ3n) is 8.08. The van der Waals surface area contributed by atoms with Crippen LogP contribution in [0, 0.1) is 29.1 Å². The summed E-state index contributed by atoms with van der Waals surface area (Å²) in [6, 6.07) is 8.19. The molecule has 0 heterocycles. The Bertz CT molecular complexity index is 793. The Hall–Kier alpha value is -1.74. The standard InChI is InChI=1S/C28H40O3/c1-20-16-28(2)17-23(22-9-7-5-6-8-10-22)15-26(30-4)27(28)25(20)19-31-18-21-11-13-24(29-3)14-12-21/h9,11-15,20,23,25,27H,5-8,10,16-19H2,1-4H3/t20-,23+,25+,27+,28-/m0/s1. The van der Waals surface area contributed by atoms with E-state index in [1.165, 1.54) is 56.3 Å². The summed E-state index contributed by atoms with van der Waals surface area (Å²) in [6.45, 7) is 6.37. The lowest BCUT2D eigenvalue weighted by Crippen LogP contribution is -2.35. The second-order valence-corrected chi connectivity index (χ2v) is 10.3. The Labute approximate surface area is 188 Å². The lowest BCUT2D eigenvalue weighted by Gasteiger charge is -2.42. The minimum Gasteiger partial charge on any atom is -0.501 e. The van der Waals surface area contributed by atoms with E-state index in [9.17, 15) is 0 Å². The Balaban J connectivity index is 1.46. The van der Waals surface area contributed by atoms with Crippen molar-refractivity contribution in [3.05, 3.63) is 53.3 Å². The molecular formula is C28H40O3. The second-order valence-electron chi connectivity index (χ2n) is 10.3. The van der Waals surface area contributed by atoms with Gasteiger partial charge in [-0.25, -0.2) is 0 Å². The fourth-order valence-corrected chi connectivity index (χ4v) is 6.59. The molecule has 3 aliphatic rings. The van der Waals surface area contributed by atoms with Crippen LogP contribution in [0.4, 0.5) is 0 Å². The molecule has 1 saturated carbocycles. The van der Waals surface area contributed by atoms with Crippen molar-refractivity contribution in [2.45, 2.75) is 65.4 Å². The number of methoxy groups -OCH3 is 2. The van der Waals surface area contributed by atoms with Crippen molar-refractivity contribution in [2.75, 3.05) is 20.8 Å². The quantitative estimate of drug-likeness (QED) is 0.444. The topological polar surface area (TPSA) is 27.7 Å². The number of fused-ring (bicyclic) bond motifs is 1. The SMILES string of the molecule is COC1=C[C@@H](C2=CCCCCC2)C[C@]2(C)C[C@H](C)[C@@H](COCc3ccc(OC)cc3)[C@H]12. The van der Waals surface area contributed by atoms with Crippen molar-refractivity contribution in [1.29, 1.82) is 0 Å². The van der Waals surface area contributed by atoms with Crippen molar-refractivity contribution in [3.63, 3.8) is 0 Å². The van der Waals surface area contributed by atoms with Gasteiger partial charge in [-0.3, -0.25) is 0 Å². The number of allylic oxidation sites excluding steroid dienone is 4. The van der Waals surface area contributed by atoms with Gasteiger partial charge in [0.1, 0.15) is 5.75 Å². The number of rotatable bonds is 7. The van der Waals surface area contributed by atoms with Gasteiger partial charge in [0.2, 0.25) is 0 Å². The smallest absolute Gasteiger partial charge is 0.118 e. The van der Waals surface area contributed by atoms with Gasteiger partial charge in [0.15, 0.2) is 0 Å². The maximum Gasteiger partial charge on any atom is 0.118 e. The van der Waals surface area contributed by atoms with Crippen molar-refractivity contribution >= 4 is 0 Å². The number of hydrogen-bond donors (Lipinski definition) is 0. The molecule has 3 heteroatoms. The van der Waals surface area contributed by atoms with E-state index in [1.54, 1.807) is 12.7 Å². The van der Waals surface area contributed by atoms with E-state index in [-0.39, 0.29) is 0 Å². The molecule has 3 aliphatic carbocycles. The van der Waals surface area contributed by atoms with Crippen molar-refractivity contribution in [3.8, 4) is 5.75 Å². The summed E-state index contributed by atoms with van der Waals surface area (Å²) in [4.78, 5) is 0. The molecule has 0 unspecified atom stereocenters. The highest BCUT2D eigenvalue weighted by Gasteiger charge is 2.54. The van der Waals surface area contributed by atoms with Gasteiger partial charge in [-0.2, -0.15) is 0 Å². The molecule has 0 aliphatic heterocycles. The second kappa shape index (κ2) is 9.81. The largest absolute Gasteiger partial charge is 0.501 e. The molecule has 31 heavy (non-hydrogen) atoms. The Morgan fingerprint density at radius 3 is 2.55 bits per heavy atom. The Kier molecular flexibility index (Phi) is 7.11. The van der Waals surface area contributed by atoms with E-state index in [0.717, 1.165) is 12.4 Å². The van der Waals surface area contributed by atoms with Crippen molar-refractivity contribution < 1.29 is 14.2 Å². The van der Waals surface area contributed by atoms with Crippen LogP contribution in [0.2, 0.25) is 0 Å². The Morgan fingerprint density at radius 2 is 1.81 bits per heavy atom. The summed E-state index contributed by atoms with van der Waals surface area (Å²) in [6.07, 6.45) is 14.1. The molecule has 0 bridgehead atoms. The maximum absolute atomic E-state index is 6.26. The monoisotopic (exact) mass is 424 g/mol. The van der Waals surface area contributed by atoms with Crippen LogP contribution < -0.4 is 4.74 Å². The van der Waals surface area contributed by atoms with Crippen LogP contribution in [-0.2, 0) is 16.1 Å². The van der Waals surface area contributed by atoms with Crippen LogP contribution in [0.3, 0.4) is 0 Å². The van der Waals surface area contributed by atoms with E-state index in [0.29, 0.717) is 35.7 Å². The molecule has 5 atom stereocenters. The van der Waals surface area contributed by atoms with E-state index in [1.807, 2.05) is 19.2 Å². The highest BCUT2D eigenvalue weighted by Crippen LogP contribution is 2.59. The predicted octanol–water partition coefficient (Wildman–Crippen LogP) is 6.93. The van der Waals surface area contributed by atoms with Gasteiger partial charge in [-0.05, 0) is 79.5 Å². The summed E-state index contributed by atoms with van der Waals surface area (Å²) < 4.78 is 17.6. The summed E-state index contributed by atoms with van der Waals surface area (Å²) in [5.41, 5.74) is 3.16. The van der Waals surface area contributed by atoms with Gasteiger partial charge in [-0.1, -0.05) is 44.1 Å². The first-order chi connectivity index (χ1) is 15.0. The fraction of sp³-hybridized carbons (Fsp3) is 0.643. The van der Waals surface area contributed by atoms with Gasteiger partial charge < -0.3 is 14.2 Å². The normalized spacial score (nSPS) is 33.2. The first kappa shape index (κ1) is 22.5. The molecule has 1 fully saturated rings. The van der Waals surface area contributed by atoms with Crippen LogP contribution in [0.5, 0.6) is 5.75 Å². The zero-order valence-electron chi connectivity index (χ0n) is 19.9. The number of ether oxygens (including phenoxy) is 3. The summed E-state index contributed by atoms with van der Waals surface area (Å²) >= 11 is 0. The number of hydrogen-bond acceptors (Lipinski definition) is 3. The average molecular weight is 425 g/mol. The molecule has 0 saturated heterocycles. The molecule has 3 nitrogen and oxygen atoms in total. The predicted molar refractivity (Wildman–Crippen MR) is 126 cm³/mol. The van der Waals surface area contributed by atoms with Crippen molar-refractivity contribution in [1.82, 2.24) is 0 Å². The zero-order valence-corrected chi connectivity index (χ0v) is 19.9. The van der Waals surface area contributed by atoms with Gasteiger partial charge in [0.05, 0.1) is 33.2 Å². The van der Waals surface area contributed by atoms with Gasteiger partial charge >= 0.3 is 0 Å². The highest BCUT2D eigenvalue weighted by atomic mass is 16.5. The average Bonchev–Trinajstić information content (AvgIpc) is 2.94. The minimum absolute atomic E-state index is 0.297. The molecule has 0 N–H and O–H groups in total. The molecule has 0 spiro atoms. The van der Waals surface area contributed by atoms with E-state index in [2.05, 4.69) is 38.1 Å². The zero-order chi connectivity index (χ0) is 21.8. The van der Waals surface area contributed by atoms with Crippen molar-refractivity contribution in [2.24, 2.45) is 29.1 Å². The van der Waals surface area contributed by atoms with Crippen LogP contribution in [0.15, 0.2) is 47.7 Å². The highest BCUT2D eigenvalue weighted by molar-refractivity contribution is 5.27. The van der Waals surface area contributed by atoms with Gasteiger partial charge in [-0.15, -0.1) is 0 Å². The molecule has 0 amide bonds. The van der Waals surface area contributed by atoms with Crippen LogP contribution in [0.1, 0.15) is 64.4 Å². The molecule has 4 rings (SSSR count). The molecule has 0 radical (unpaired) electrons. The molecule has 1 aromatic carbocycles. The van der Waals surface area contributed by atoms with E-state index >= 15 is 0 Å². The summed E-state index contributed by atoms with van der Waals surface area (Å²) in [5, 5.41) is 0. The first-order valence-electron chi connectivity index (χ1n) is 12.2. The third-order valence-corrected chi connectivity index (χ3v) is 8.08. The molecule has 0 aromatic heterocycles.